The number of aryl methyl sites for hydroxylation is 1. The summed E-state index contributed by atoms with van der Waals surface area (Å²) in [7, 11) is 0. The van der Waals surface area contributed by atoms with Crippen LogP contribution >= 0.6 is 0 Å². The standard InChI is InChI=1S/C17H24N2/c1-16-7-9-17(10-8-16)6-5-11-18-12-15-19-13-3-2-4-14-19/h7-10,18H,2-4,11-15H2,1H3. The summed E-state index contributed by atoms with van der Waals surface area (Å²) in [5, 5.41) is 3.40. The summed E-state index contributed by atoms with van der Waals surface area (Å²) in [5.74, 6) is 6.36. The topological polar surface area (TPSA) is 15.3 Å². The molecule has 1 aliphatic heterocycles. The first-order valence-corrected chi connectivity index (χ1v) is 7.33. The Morgan fingerprint density at radius 2 is 1.84 bits per heavy atom. The Morgan fingerprint density at radius 1 is 1.11 bits per heavy atom. The van der Waals surface area contributed by atoms with Crippen molar-refractivity contribution < 1.29 is 0 Å². The van der Waals surface area contributed by atoms with Crippen molar-refractivity contribution in [3.8, 4) is 11.8 Å². The van der Waals surface area contributed by atoms with Crippen LogP contribution in [0.4, 0.5) is 0 Å². The van der Waals surface area contributed by atoms with E-state index in [0.717, 1.165) is 25.2 Å². The largest absolute Gasteiger partial charge is 0.305 e. The van der Waals surface area contributed by atoms with Crippen LogP contribution < -0.4 is 5.32 Å². The molecule has 1 fully saturated rings. The summed E-state index contributed by atoms with van der Waals surface area (Å²) in [6.07, 6.45) is 4.15. The molecule has 2 rings (SSSR count). The maximum Gasteiger partial charge on any atom is 0.0580 e. The average Bonchev–Trinajstić information content (AvgIpc) is 2.46. The summed E-state index contributed by atoms with van der Waals surface area (Å²) in [5.41, 5.74) is 2.38. The van der Waals surface area contributed by atoms with E-state index < -0.39 is 0 Å². The highest BCUT2D eigenvalue weighted by Gasteiger charge is 2.08. The number of piperidine rings is 1. The molecule has 102 valence electrons. The lowest BCUT2D eigenvalue weighted by Crippen LogP contribution is -2.35. The molecule has 0 bridgehead atoms. The average molecular weight is 256 g/mol. The van der Waals surface area contributed by atoms with E-state index in [4.69, 9.17) is 0 Å². The van der Waals surface area contributed by atoms with Crippen molar-refractivity contribution in [1.82, 2.24) is 10.2 Å². The van der Waals surface area contributed by atoms with E-state index in [9.17, 15) is 0 Å². The lowest BCUT2D eigenvalue weighted by Gasteiger charge is -2.26. The summed E-state index contributed by atoms with van der Waals surface area (Å²) >= 11 is 0. The first-order chi connectivity index (χ1) is 9.34. The van der Waals surface area contributed by atoms with Gasteiger partial charge in [0.1, 0.15) is 0 Å². The Morgan fingerprint density at radius 3 is 2.58 bits per heavy atom. The van der Waals surface area contributed by atoms with Crippen LogP contribution in [0.1, 0.15) is 30.4 Å². The fourth-order valence-corrected chi connectivity index (χ4v) is 2.35. The third kappa shape index (κ3) is 5.46. The highest BCUT2D eigenvalue weighted by molar-refractivity contribution is 5.35. The lowest BCUT2D eigenvalue weighted by molar-refractivity contribution is 0.230. The van der Waals surface area contributed by atoms with Gasteiger partial charge in [0, 0.05) is 18.7 Å². The molecule has 1 heterocycles. The van der Waals surface area contributed by atoms with Gasteiger partial charge < -0.3 is 10.2 Å². The SMILES string of the molecule is Cc1ccc(C#CCNCCN2CCCCC2)cc1. The third-order valence-electron chi connectivity index (χ3n) is 3.55. The van der Waals surface area contributed by atoms with Crippen LogP contribution in [0.25, 0.3) is 0 Å². The van der Waals surface area contributed by atoms with E-state index in [1.165, 1.54) is 37.9 Å². The van der Waals surface area contributed by atoms with Crippen LogP contribution in [0.5, 0.6) is 0 Å². The molecule has 0 aromatic heterocycles. The summed E-state index contributed by atoms with van der Waals surface area (Å²) < 4.78 is 0. The van der Waals surface area contributed by atoms with Crippen molar-refractivity contribution in [2.45, 2.75) is 26.2 Å². The van der Waals surface area contributed by atoms with Crippen LogP contribution in [0.15, 0.2) is 24.3 Å². The first kappa shape index (κ1) is 14.1. The molecule has 2 heteroatoms. The molecule has 1 N–H and O–H groups in total. The van der Waals surface area contributed by atoms with Crippen molar-refractivity contribution in [2.75, 3.05) is 32.7 Å². The molecule has 0 amide bonds. The first-order valence-electron chi connectivity index (χ1n) is 7.33. The number of hydrogen-bond donors (Lipinski definition) is 1. The van der Waals surface area contributed by atoms with E-state index in [0.29, 0.717) is 0 Å². The Hall–Kier alpha value is -1.30. The van der Waals surface area contributed by atoms with E-state index in [2.05, 4.69) is 53.2 Å². The van der Waals surface area contributed by atoms with E-state index in [-0.39, 0.29) is 0 Å². The molecule has 0 saturated carbocycles. The fraction of sp³-hybridized carbons (Fsp3) is 0.529. The van der Waals surface area contributed by atoms with Crippen LogP contribution in [-0.4, -0.2) is 37.6 Å². The Balaban J connectivity index is 1.60. The van der Waals surface area contributed by atoms with Gasteiger partial charge in [-0.25, -0.2) is 0 Å². The molecule has 0 spiro atoms. The van der Waals surface area contributed by atoms with Gasteiger partial charge in [0.25, 0.3) is 0 Å². The molecule has 1 aromatic rings. The molecule has 0 aliphatic carbocycles. The summed E-state index contributed by atoms with van der Waals surface area (Å²) in [6.45, 7) is 7.63. The normalized spacial score (nSPS) is 15.8. The molecule has 1 aliphatic rings. The number of benzene rings is 1. The van der Waals surface area contributed by atoms with Gasteiger partial charge >= 0.3 is 0 Å². The van der Waals surface area contributed by atoms with Gasteiger partial charge in [-0.05, 0) is 45.0 Å². The Kier molecular flexibility index (Phi) is 5.94. The number of likely N-dealkylation sites (tertiary alicyclic amines) is 1. The minimum atomic E-state index is 0.779. The van der Waals surface area contributed by atoms with Gasteiger partial charge in [-0.15, -0.1) is 0 Å². The van der Waals surface area contributed by atoms with E-state index >= 15 is 0 Å². The van der Waals surface area contributed by atoms with Crippen LogP contribution in [0.3, 0.4) is 0 Å². The van der Waals surface area contributed by atoms with Gasteiger partial charge in [-0.1, -0.05) is 36.0 Å². The second kappa shape index (κ2) is 7.99. The summed E-state index contributed by atoms with van der Waals surface area (Å²) in [4.78, 5) is 2.55. The lowest BCUT2D eigenvalue weighted by atomic mass is 10.1. The van der Waals surface area contributed by atoms with Crippen molar-refractivity contribution in [2.24, 2.45) is 0 Å². The van der Waals surface area contributed by atoms with Gasteiger partial charge in [-0.3, -0.25) is 0 Å². The molecule has 2 nitrogen and oxygen atoms in total. The monoisotopic (exact) mass is 256 g/mol. The Bertz CT molecular complexity index is 419. The molecule has 1 aromatic carbocycles. The minimum Gasteiger partial charge on any atom is -0.305 e. The number of hydrogen-bond acceptors (Lipinski definition) is 2. The molecular weight excluding hydrogens is 232 g/mol. The Labute approximate surface area is 117 Å². The van der Waals surface area contributed by atoms with Gasteiger partial charge in [0.05, 0.1) is 6.54 Å². The fourth-order valence-electron chi connectivity index (χ4n) is 2.35. The zero-order chi connectivity index (χ0) is 13.3. The van der Waals surface area contributed by atoms with E-state index in [1.807, 2.05) is 0 Å². The highest BCUT2D eigenvalue weighted by atomic mass is 15.1. The van der Waals surface area contributed by atoms with Crippen molar-refractivity contribution in [3.05, 3.63) is 35.4 Å². The van der Waals surface area contributed by atoms with Gasteiger partial charge in [0.2, 0.25) is 0 Å². The molecule has 0 atom stereocenters. The predicted molar refractivity (Wildman–Crippen MR) is 81.2 cm³/mol. The number of rotatable bonds is 4. The zero-order valence-corrected chi connectivity index (χ0v) is 11.9. The van der Waals surface area contributed by atoms with Crippen LogP contribution in [0.2, 0.25) is 0 Å². The predicted octanol–water partition coefficient (Wildman–Crippen LogP) is 2.42. The molecular formula is C17H24N2. The molecule has 0 unspecified atom stereocenters. The van der Waals surface area contributed by atoms with Crippen molar-refractivity contribution in [3.63, 3.8) is 0 Å². The second-order valence-corrected chi connectivity index (χ2v) is 5.25. The molecule has 1 saturated heterocycles. The minimum absolute atomic E-state index is 0.779. The van der Waals surface area contributed by atoms with Gasteiger partial charge in [0.15, 0.2) is 0 Å². The van der Waals surface area contributed by atoms with Crippen molar-refractivity contribution >= 4 is 0 Å². The molecule has 19 heavy (non-hydrogen) atoms. The maximum absolute atomic E-state index is 3.40. The quantitative estimate of drug-likeness (QED) is 0.657. The maximum atomic E-state index is 3.40. The smallest absolute Gasteiger partial charge is 0.0580 e. The van der Waals surface area contributed by atoms with Crippen LogP contribution in [0, 0.1) is 18.8 Å². The van der Waals surface area contributed by atoms with Crippen molar-refractivity contribution in [1.29, 1.82) is 0 Å². The summed E-state index contributed by atoms with van der Waals surface area (Å²) in [6, 6.07) is 8.37. The molecule has 0 radical (unpaired) electrons. The number of nitrogens with zero attached hydrogens (tertiary/aromatic N) is 1. The van der Waals surface area contributed by atoms with Crippen LogP contribution in [-0.2, 0) is 0 Å². The number of nitrogens with one attached hydrogen (secondary N) is 1. The third-order valence-corrected chi connectivity index (χ3v) is 3.55. The zero-order valence-electron chi connectivity index (χ0n) is 11.9. The van der Waals surface area contributed by atoms with Gasteiger partial charge in [-0.2, -0.15) is 0 Å². The highest BCUT2D eigenvalue weighted by Crippen LogP contribution is 2.07. The second-order valence-electron chi connectivity index (χ2n) is 5.25. The van der Waals surface area contributed by atoms with E-state index in [1.54, 1.807) is 0 Å².